The number of benzene rings is 2. The summed E-state index contributed by atoms with van der Waals surface area (Å²) in [6.07, 6.45) is 1.60. The molecule has 3 aromatic heterocycles. The zero-order valence-corrected chi connectivity index (χ0v) is 19.4. The molecule has 0 spiro atoms. The first-order valence-corrected chi connectivity index (χ1v) is 11.2. The molecule has 9 heteroatoms. The maximum Gasteiger partial charge on any atom is 0.267 e. The number of pyridine rings is 2. The van der Waals surface area contributed by atoms with E-state index in [2.05, 4.69) is 10.3 Å². The summed E-state index contributed by atoms with van der Waals surface area (Å²) in [6.45, 7) is 0.359. The number of nitrogens with zero attached hydrogens (tertiary/aromatic N) is 3. The molecule has 0 unspecified atom stereocenters. The monoisotopic (exact) mass is 483 g/mol. The fourth-order valence-corrected chi connectivity index (χ4v) is 4.01. The van der Waals surface area contributed by atoms with Crippen molar-refractivity contribution in [3.05, 3.63) is 117 Å². The van der Waals surface area contributed by atoms with E-state index >= 15 is 0 Å². The lowest BCUT2D eigenvalue weighted by molar-refractivity contribution is 0.0948. The van der Waals surface area contributed by atoms with Crippen molar-refractivity contribution in [1.82, 2.24) is 19.3 Å². The maximum absolute atomic E-state index is 13.5. The smallest absolute Gasteiger partial charge is 0.267 e. The van der Waals surface area contributed by atoms with Gasteiger partial charge in [-0.25, -0.2) is 9.37 Å². The number of ether oxygens (including phenoxy) is 1. The molecule has 0 radical (unpaired) electrons. The topological polar surface area (TPSA) is 101 Å². The summed E-state index contributed by atoms with van der Waals surface area (Å²) in [7, 11) is 1.58. The molecule has 0 aliphatic heterocycles. The van der Waals surface area contributed by atoms with E-state index in [4.69, 9.17) is 10.1 Å². The standard InChI is InChI=1S/C27H22FN5O3/c1-36-20-11-7-17(8-12-20)15-30-26(34)21-14-22-25(31-23-4-2-3-13-32(23)27(22)35)33(24(21)29)16-18-5-9-19(28)10-6-18/h2-14,29H,15-16H2,1H3,(H,30,34). The van der Waals surface area contributed by atoms with E-state index in [-0.39, 0.29) is 46.6 Å². The van der Waals surface area contributed by atoms with Gasteiger partial charge in [-0.1, -0.05) is 30.3 Å². The number of amides is 1. The second kappa shape index (κ2) is 9.46. The molecule has 0 aliphatic carbocycles. The summed E-state index contributed by atoms with van der Waals surface area (Å²) in [5, 5.41) is 11.8. The highest BCUT2D eigenvalue weighted by Crippen LogP contribution is 2.14. The van der Waals surface area contributed by atoms with Gasteiger partial charge in [-0.3, -0.25) is 19.4 Å². The Kier molecular flexibility index (Phi) is 6.03. The van der Waals surface area contributed by atoms with Crippen molar-refractivity contribution in [2.75, 3.05) is 7.11 Å². The van der Waals surface area contributed by atoms with E-state index in [9.17, 15) is 14.0 Å². The third-order valence-corrected chi connectivity index (χ3v) is 5.93. The number of nitrogens with one attached hydrogen (secondary N) is 2. The van der Waals surface area contributed by atoms with Gasteiger partial charge in [-0.05, 0) is 53.6 Å². The first-order chi connectivity index (χ1) is 17.4. The normalized spacial score (nSPS) is 11.1. The van der Waals surface area contributed by atoms with Crippen LogP contribution in [-0.2, 0) is 13.1 Å². The predicted octanol–water partition coefficient (Wildman–Crippen LogP) is 3.25. The molecule has 0 fully saturated rings. The fourth-order valence-electron chi connectivity index (χ4n) is 4.01. The lowest BCUT2D eigenvalue weighted by Crippen LogP contribution is -2.35. The minimum absolute atomic E-state index is 0.0351. The van der Waals surface area contributed by atoms with Crippen molar-refractivity contribution in [2.45, 2.75) is 13.1 Å². The van der Waals surface area contributed by atoms with Crippen LogP contribution < -0.4 is 21.1 Å². The number of rotatable bonds is 6. The molecule has 0 saturated heterocycles. The summed E-state index contributed by atoms with van der Waals surface area (Å²) in [5.41, 5.74) is 1.81. The van der Waals surface area contributed by atoms with Crippen molar-refractivity contribution in [3.63, 3.8) is 0 Å². The Morgan fingerprint density at radius 1 is 1.06 bits per heavy atom. The molecule has 0 atom stereocenters. The van der Waals surface area contributed by atoms with Crippen LogP contribution in [0, 0.1) is 11.2 Å². The Morgan fingerprint density at radius 3 is 2.50 bits per heavy atom. The number of hydrogen-bond acceptors (Lipinski definition) is 5. The molecular formula is C27H22FN5O3. The van der Waals surface area contributed by atoms with Crippen LogP contribution in [0.4, 0.5) is 4.39 Å². The number of hydrogen-bond donors (Lipinski definition) is 2. The van der Waals surface area contributed by atoms with E-state index in [1.165, 1.54) is 27.2 Å². The SMILES string of the molecule is COc1ccc(CNC(=O)c2cc3c(=O)n4ccccc4nc3n(Cc3ccc(F)cc3)c2=N)cc1. The van der Waals surface area contributed by atoms with Gasteiger partial charge < -0.3 is 14.6 Å². The molecular weight excluding hydrogens is 461 g/mol. The Labute approximate surface area is 204 Å². The molecule has 0 saturated carbocycles. The summed E-state index contributed by atoms with van der Waals surface area (Å²) >= 11 is 0. The highest BCUT2D eigenvalue weighted by Gasteiger charge is 2.18. The Morgan fingerprint density at radius 2 is 1.78 bits per heavy atom. The molecule has 0 bridgehead atoms. The molecule has 1 amide bonds. The van der Waals surface area contributed by atoms with Gasteiger partial charge in [0.15, 0.2) is 0 Å². The summed E-state index contributed by atoms with van der Waals surface area (Å²) in [6, 6.07) is 19.7. The van der Waals surface area contributed by atoms with E-state index < -0.39 is 5.91 Å². The van der Waals surface area contributed by atoms with Crippen LogP contribution in [0.3, 0.4) is 0 Å². The highest BCUT2D eigenvalue weighted by molar-refractivity contribution is 5.96. The zero-order valence-electron chi connectivity index (χ0n) is 19.4. The van der Waals surface area contributed by atoms with Crippen molar-refractivity contribution in [2.24, 2.45) is 0 Å². The van der Waals surface area contributed by atoms with E-state index in [1.54, 1.807) is 55.8 Å². The highest BCUT2D eigenvalue weighted by atomic mass is 19.1. The van der Waals surface area contributed by atoms with Gasteiger partial charge in [0.25, 0.3) is 11.5 Å². The average Bonchev–Trinajstić information content (AvgIpc) is 2.90. The van der Waals surface area contributed by atoms with Crippen LogP contribution in [0.2, 0.25) is 0 Å². The van der Waals surface area contributed by atoms with E-state index in [0.29, 0.717) is 17.0 Å². The van der Waals surface area contributed by atoms with Gasteiger partial charge in [0.05, 0.1) is 24.6 Å². The van der Waals surface area contributed by atoms with Crippen LogP contribution in [0.25, 0.3) is 16.7 Å². The third-order valence-electron chi connectivity index (χ3n) is 5.93. The quantitative estimate of drug-likeness (QED) is 0.362. The van der Waals surface area contributed by atoms with Crippen molar-refractivity contribution in [3.8, 4) is 5.75 Å². The summed E-state index contributed by atoms with van der Waals surface area (Å²) < 4.78 is 21.5. The molecule has 180 valence electrons. The first kappa shape index (κ1) is 23.0. The third kappa shape index (κ3) is 4.34. The number of fused-ring (bicyclic) bond motifs is 2. The number of carbonyl (C=O) groups is 1. The Bertz CT molecular complexity index is 1710. The summed E-state index contributed by atoms with van der Waals surface area (Å²) in [4.78, 5) is 31.1. The number of aromatic nitrogens is 3. The molecule has 2 aromatic carbocycles. The maximum atomic E-state index is 13.5. The van der Waals surface area contributed by atoms with E-state index in [0.717, 1.165) is 5.56 Å². The van der Waals surface area contributed by atoms with Gasteiger partial charge in [0.2, 0.25) is 0 Å². The minimum Gasteiger partial charge on any atom is -0.497 e. The summed E-state index contributed by atoms with van der Waals surface area (Å²) in [5.74, 6) is -0.174. The van der Waals surface area contributed by atoms with Gasteiger partial charge in [0, 0.05) is 12.7 Å². The van der Waals surface area contributed by atoms with Crippen molar-refractivity contribution < 1.29 is 13.9 Å². The predicted molar refractivity (Wildman–Crippen MR) is 132 cm³/mol. The number of carbonyl (C=O) groups excluding carboxylic acids is 1. The molecule has 0 aliphatic rings. The number of methoxy groups -OCH3 is 1. The van der Waals surface area contributed by atoms with Crippen molar-refractivity contribution in [1.29, 1.82) is 5.41 Å². The van der Waals surface area contributed by atoms with Crippen LogP contribution >= 0.6 is 0 Å². The molecule has 5 rings (SSSR count). The van der Waals surface area contributed by atoms with Gasteiger partial charge in [0.1, 0.15) is 28.3 Å². The molecule has 36 heavy (non-hydrogen) atoms. The van der Waals surface area contributed by atoms with Gasteiger partial charge in [-0.15, -0.1) is 0 Å². The lowest BCUT2D eigenvalue weighted by Gasteiger charge is -2.15. The fraction of sp³-hybridized carbons (Fsp3) is 0.111. The molecule has 8 nitrogen and oxygen atoms in total. The Balaban J connectivity index is 1.61. The molecule has 2 N–H and O–H groups in total. The molecule has 5 aromatic rings. The minimum atomic E-state index is -0.497. The van der Waals surface area contributed by atoms with Crippen LogP contribution in [0.1, 0.15) is 21.5 Å². The Hall–Kier alpha value is -4.79. The second-order valence-electron chi connectivity index (χ2n) is 8.23. The van der Waals surface area contributed by atoms with Gasteiger partial charge >= 0.3 is 0 Å². The largest absolute Gasteiger partial charge is 0.497 e. The van der Waals surface area contributed by atoms with Crippen LogP contribution in [0.15, 0.2) is 83.8 Å². The number of halogens is 1. The second-order valence-corrected chi connectivity index (χ2v) is 8.23. The van der Waals surface area contributed by atoms with Crippen LogP contribution in [0.5, 0.6) is 5.75 Å². The van der Waals surface area contributed by atoms with E-state index in [1.807, 2.05) is 12.1 Å². The zero-order chi connectivity index (χ0) is 25.2. The van der Waals surface area contributed by atoms with Gasteiger partial charge in [-0.2, -0.15) is 0 Å². The first-order valence-electron chi connectivity index (χ1n) is 11.2. The van der Waals surface area contributed by atoms with Crippen molar-refractivity contribution >= 4 is 22.6 Å². The van der Waals surface area contributed by atoms with Crippen LogP contribution in [-0.4, -0.2) is 27.0 Å². The lowest BCUT2D eigenvalue weighted by atomic mass is 10.1. The molecule has 3 heterocycles. The average molecular weight is 484 g/mol.